The minimum Gasteiger partial charge on any atom is -0.338 e. The van der Waals surface area contributed by atoms with E-state index in [-0.39, 0.29) is 17.4 Å². The lowest BCUT2D eigenvalue weighted by atomic mass is 10.2. The first-order valence-corrected chi connectivity index (χ1v) is 7.58. The smallest absolute Gasteiger partial charge is 0.241 e. The van der Waals surface area contributed by atoms with Gasteiger partial charge in [0.25, 0.3) is 0 Å². The molecule has 0 saturated carbocycles. The molecule has 0 fully saturated rings. The third-order valence-corrected chi connectivity index (χ3v) is 3.76. The molecule has 6 heteroatoms. The van der Waals surface area contributed by atoms with Gasteiger partial charge in [0.1, 0.15) is 5.75 Å². The molecule has 0 atom stereocenters. The summed E-state index contributed by atoms with van der Waals surface area (Å²) in [6.45, 7) is 1.65. The van der Waals surface area contributed by atoms with E-state index in [1.165, 1.54) is 0 Å². The zero-order chi connectivity index (χ0) is 13.7. The molecule has 0 spiro atoms. The van der Waals surface area contributed by atoms with Crippen LogP contribution in [0.5, 0.6) is 0 Å². The minimum absolute atomic E-state index is 0.0523. The first-order chi connectivity index (χ1) is 9.05. The van der Waals surface area contributed by atoms with Crippen LogP contribution in [-0.4, -0.2) is 24.3 Å². The van der Waals surface area contributed by atoms with Gasteiger partial charge < -0.3 is 4.52 Å². The summed E-state index contributed by atoms with van der Waals surface area (Å²) in [6, 6.07) is 9.52. The second-order valence-corrected chi connectivity index (χ2v) is 6.21. The van der Waals surface area contributed by atoms with Gasteiger partial charge in [-0.25, -0.2) is 8.42 Å². The molecule has 0 amide bonds. The van der Waals surface area contributed by atoms with E-state index in [0.717, 1.165) is 5.56 Å². The van der Waals surface area contributed by atoms with E-state index in [4.69, 9.17) is 4.52 Å². The van der Waals surface area contributed by atoms with E-state index < -0.39 is 9.84 Å². The summed E-state index contributed by atoms with van der Waals surface area (Å²) in [6.07, 6.45) is 3.39. The van der Waals surface area contributed by atoms with E-state index in [0.29, 0.717) is 5.82 Å². The number of benzene rings is 1. The van der Waals surface area contributed by atoms with Crippen LogP contribution in [-0.2, 0) is 15.6 Å². The van der Waals surface area contributed by atoms with Gasteiger partial charge >= 0.3 is 0 Å². The van der Waals surface area contributed by atoms with Crippen LogP contribution in [0.2, 0.25) is 0 Å². The summed E-state index contributed by atoms with van der Waals surface area (Å²) in [5.74, 6) is 0.284. The van der Waals surface area contributed by atoms with Gasteiger partial charge in [-0.15, -0.1) is 0 Å². The Balaban J connectivity index is 1.96. The van der Waals surface area contributed by atoms with E-state index in [2.05, 4.69) is 10.1 Å². The summed E-state index contributed by atoms with van der Waals surface area (Å²) in [5, 5.41) is 3.56. The average molecular weight is 278 g/mol. The van der Waals surface area contributed by atoms with Crippen molar-refractivity contribution in [2.24, 2.45) is 0 Å². The molecule has 0 saturated heterocycles. The predicted molar refractivity (Wildman–Crippen MR) is 72.0 cm³/mol. The third kappa shape index (κ3) is 4.33. The second-order valence-electron chi connectivity index (χ2n) is 4.10. The summed E-state index contributed by atoms with van der Waals surface area (Å²) in [5.41, 5.74) is 0.964. The Kier molecular flexibility index (Phi) is 4.11. The molecule has 0 N–H and O–H groups in total. The van der Waals surface area contributed by atoms with Gasteiger partial charge in [-0.2, -0.15) is 4.98 Å². The highest BCUT2D eigenvalue weighted by Crippen LogP contribution is 2.06. The van der Waals surface area contributed by atoms with E-state index in [1.54, 1.807) is 19.1 Å². The Morgan fingerprint density at radius 1 is 1.26 bits per heavy atom. The first-order valence-electron chi connectivity index (χ1n) is 5.76. The van der Waals surface area contributed by atoms with Crippen LogP contribution in [0.4, 0.5) is 0 Å². The topological polar surface area (TPSA) is 73.1 Å². The molecule has 0 unspecified atom stereocenters. The molecule has 0 aliphatic rings. The van der Waals surface area contributed by atoms with Crippen molar-refractivity contribution in [2.45, 2.75) is 12.7 Å². The first kappa shape index (κ1) is 13.5. The lowest BCUT2D eigenvalue weighted by Gasteiger charge is -1.96. The van der Waals surface area contributed by atoms with Crippen LogP contribution < -0.4 is 0 Å². The van der Waals surface area contributed by atoms with Crippen LogP contribution in [0.15, 0.2) is 40.9 Å². The fourth-order valence-electron chi connectivity index (χ4n) is 1.54. The lowest BCUT2D eigenvalue weighted by Crippen LogP contribution is -2.07. The maximum absolute atomic E-state index is 11.8. The van der Waals surface area contributed by atoms with Gasteiger partial charge in [0.2, 0.25) is 5.89 Å². The maximum atomic E-state index is 11.8. The Labute approximate surface area is 111 Å². The minimum atomic E-state index is -3.27. The fraction of sp³-hybridized carbons (Fsp3) is 0.231. The summed E-state index contributed by atoms with van der Waals surface area (Å²) >= 11 is 0. The van der Waals surface area contributed by atoms with Crippen molar-refractivity contribution >= 4 is 15.9 Å². The lowest BCUT2D eigenvalue weighted by molar-refractivity contribution is 0.384. The standard InChI is InChI=1S/C13H14N2O3S/c1-11-14-13(18-15-11)10-19(16,17)9-5-8-12-6-3-2-4-7-12/h2-8H,9-10H2,1H3/b8-5+. The highest BCUT2D eigenvalue weighted by molar-refractivity contribution is 7.90. The molecule has 5 nitrogen and oxygen atoms in total. The fourth-order valence-corrected chi connectivity index (χ4v) is 2.54. The summed E-state index contributed by atoms with van der Waals surface area (Å²) < 4.78 is 28.4. The molecule has 2 aromatic rings. The Morgan fingerprint density at radius 2 is 2.00 bits per heavy atom. The second kappa shape index (κ2) is 5.79. The molecular weight excluding hydrogens is 264 g/mol. The van der Waals surface area contributed by atoms with Crippen molar-refractivity contribution in [2.75, 3.05) is 5.75 Å². The third-order valence-electron chi connectivity index (χ3n) is 2.37. The molecule has 0 aliphatic heterocycles. The highest BCUT2D eigenvalue weighted by Gasteiger charge is 2.14. The molecule has 1 aromatic carbocycles. The van der Waals surface area contributed by atoms with Gasteiger partial charge in [-0.05, 0) is 12.5 Å². The SMILES string of the molecule is Cc1noc(CS(=O)(=O)C/C=C/c2ccccc2)n1. The van der Waals surface area contributed by atoms with Crippen molar-refractivity contribution in [3.63, 3.8) is 0 Å². The van der Waals surface area contributed by atoms with Crippen LogP contribution in [0.25, 0.3) is 6.08 Å². The Bertz CT molecular complexity index is 660. The van der Waals surface area contributed by atoms with Crippen LogP contribution in [0, 0.1) is 6.92 Å². The van der Waals surface area contributed by atoms with E-state index >= 15 is 0 Å². The van der Waals surface area contributed by atoms with Gasteiger partial charge in [-0.3, -0.25) is 0 Å². The molecular formula is C13H14N2O3S. The monoisotopic (exact) mass is 278 g/mol. The number of hydrogen-bond donors (Lipinski definition) is 0. The molecule has 1 heterocycles. The van der Waals surface area contributed by atoms with Gasteiger partial charge in [0.15, 0.2) is 15.7 Å². The zero-order valence-corrected chi connectivity index (χ0v) is 11.3. The van der Waals surface area contributed by atoms with Crippen LogP contribution in [0.1, 0.15) is 17.3 Å². The van der Waals surface area contributed by atoms with Crippen molar-refractivity contribution in [3.8, 4) is 0 Å². The molecule has 2 rings (SSSR count). The van der Waals surface area contributed by atoms with Crippen LogP contribution >= 0.6 is 0 Å². The number of aryl methyl sites for hydroxylation is 1. The largest absolute Gasteiger partial charge is 0.338 e. The molecule has 1 aromatic heterocycles. The van der Waals surface area contributed by atoms with Gasteiger partial charge in [0.05, 0.1) is 5.75 Å². The molecule has 0 bridgehead atoms. The normalized spacial score (nSPS) is 12.1. The number of aromatic nitrogens is 2. The Hall–Kier alpha value is -1.95. The van der Waals surface area contributed by atoms with Crippen molar-refractivity contribution in [1.29, 1.82) is 0 Å². The Morgan fingerprint density at radius 3 is 2.63 bits per heavy atom. The number of hydrogen-bond acceptors (Lipinski definition) is 5. The molecule has 19 heavy (non-hydrogen) atoms. The summed E-state index contributed by atoms with van der Waals surface area (Å²) in [4.78, 5) is 3.88. The number of nitrogens with zero attached hydrogens (tertiary/aromatic N) is 2. The zero-order valence-electron chi connectivity index (χ0n) is 10.5. The quantitative estimate of drug-likeness (QED) is 0.836. The molecule has 0 aliphatic carbocycles. The van der Waals surface area contributed by atoms with E-state index in [9.17, 15) is 8.42 Å². The highest BCUT2D eigenvalue weighted by atomic mass is 32.2. The van der Waals surface area contributed by atoms with Crippen molar-refractivity contribution < 1.29 is 12.9 Å². The number of sulfone groups is 1. The average Bonchev–Trinajstić information content (AvgIpc) is 2.75. The van der Waals surface area contributed by atoms with Gasteiger partial charge in [0, 0.05) is 0 Å². The number of rotatable bonds is 5. The van der Waals surface area contributed by atoms with Crippen LogP contribution in [0.3, 0.4) is 0 Å². The predicted octanol–water partition coefficient (Wildman–Crippen LogP) is 2.01. The van der Waals surface area contributed by atoms with Crippen molar-refractivity contribution in [1.82, 2.24) is 10.1 Å². The van der Waals surface area contributed by atoms with Crippen molar-refractivity contribution in [3.05, 3.63) is 53.7 Å². The summed E-state index contributed by atoms with van der Waals surface area (Å²) in [7, 11) is -3.27. The molecule has 100 valence electrons. The van der Waals surface area contributed by atoms with E-state index in [1.807, 2.05) is 30.3 Å². The maximum Gasteiger partial charge on any atom is 0.241 e. The van der Waals surface area contributed by atoms with Gasteiger partial charge in [-0.1, -0.05) is 47.6 Å². The molecule has 0 radical (unpaired) electrons.